The monoisotopic (exact) mass is 276 g/mol. The van der Waals surface area contributed by atoms with E-state index in [1.807, 2.05) is 0 Å². The Bertz CT molecular complexity index is 626. The molecule has 1 atom stereocenters. The summed E-state index contributed by atoms with van der Waals surface area (Å²) in [6.07, 6.45) is 2.51. The van der Waals surface area contributed by atoms with Crippen molar-refractivity contribution in [3.63, 3.8) is 0 Å². The second-order valence-electron chi connectivity index (χ2n) is 4.13. The van der Waals surface area contributed by atoms with Crippen molar-refractivity contribution in [2.45, 2.75) is 6.10 Å². The van der Waals surface area contributed by atoms with Crippen LogP contribution in [0.1, 0.15) is 0 Å². The van der Waals surface area contributed by atoms with Crippen molar-refractivity contribution in [2.75, 3.05) is 19.0 Å². The van der Waals surface area contributed by atoms with Crippen LogP contribution in [0.5, 0.6) is 0 Å². The van der Waals surface area contributed by atoms with Gasteiger partial charge in [0.25, 0.3) is 5.91 Å². The SMILES string of the molecule is COC(CN)C(=O)Nc1ccc(-n2cc[nH]c2=O)cc1. The molecule has 1 aromatic carbocycles. The molecule has 106 valence electrons. The quantitative estimate of drug-likeness (QED) is 0.719. The second kappa shape index (κ2) is 6.18. The van der Waals surface area contributed by atoms with Gasteiger partial charge in [0.05, 0.1) is 5.69 Å². The number of rotatable bonds is 5. The molecular weight excluding hydrogens is 260 g/mol. The molecule has 20 heavy (non-hydrogen) atoms. The molecular formula is C13H16N4O3. The largest absolute Gasteiger partial charge is 0.370 e. The third-order valence-electron chi connectivity index (χ3n) is 2.85. The molecule has 0 aliphatic rings. The molecule has 2 aromatic rings. The first-order valence-electron chi connectivity index (χ1n) is 6.06. The lowest BCUT2D eigenvalue weighted by molar-refractivity contribution is -0.125. The number of H-pyrrole nitrogens is 1. The fourth-order valence-electron chi connectivity index (χ4n) is 1.76. The highest BCUT2D eigenvalue weighted by atomic mass is 16.5. The van der Waals surface area contributed by atoms with Gasteiger partial charge in [0.1, 0.15) is 6.10 Å². The summed E-state index contributed by atoms with van der Waals surface area (Å²) in [7, 11) is 1.43. The van der Waals surface area contributed by atoms with Crippen molar-refractivity contribution in [3.8, 4) is 5.69 Å². The molecule has 0 bridgehead atoms. The van der Waals surface area contributed by atoms with Gasteiger partial charge >= 0.3 is 5.69 Å². The van der Waals surface area contributed by atoms with Crippen molar-refractivity contribution >= 4 is 11.6 Å². The van der Waals surface area contributed by atoms with Crippen molar-refractivity contribution in [1.29, 1.82) is 0 Å². The van der Waals surface area contributed by atoms with Gasteiger partial charge in [-0.25, -0.2) is 4.79 Å². The average molecular weight is 276 g/mol. The Hall–Kier alpha value is -2.38. The van der Waals surface area contributed by atoms with Crippen LogP contribution in [-0.2, 0) is 9.53 Å². The zero-order valence-electron chi connectivity index (χ0n) is 11.0. The third-order valence-corrected chi connectivity index (χ3v) is 2.85. The van der Waals surface area contributed by atoms with Crippen LogP contribution in [-0.4, -0.2) is 35.2 Å². The van der Waals surface area contributed by atoms with Gasteiger partial charge in [-0.1, -0.05) is 0 Å². The number of hydrogen-bond acceptors (Lipinski definition) is 4. The number of nitrogens with two attached hydrogens (primary N) is 1. The van der Waals surface area contributed by atoms with Gasteiger partial charge in [-0.3, -0.25) is 9.36 Å². The Morgan fingerprint density at radius 3 is 2.65 bits per heavy atom. The lowest BCUT2D eigenvalue weighted by Crippen LogP contribution is -2.35. The minimum atomic E-state index is -0.679. The first-order valence-corrected chi connectivity index (χ1v) is 6.06. The van der Waals surface area contributed by atoms with Crippen LogP contribution in [0.4, 0.5) is 5.69 Å². The predicted molar refractivity (Wildman–Crippen MR) is 74.9 cm³/mol. The van der Waals surface area contributed by atoms with Crippen molar-refractivity contribution in [3.05, 3.63) is 47.1 Å². The van der Waals surface area contributed by atoms with Crippen LogP contribution in [0.25, 0.3) is 5.69 Å². The highest BCUT2D eigenvalue weighted by molar-refractivity contribution is 5.94. The Kier molecular flexibility index (Phi) is 4.34. The second-order valence-corrected chi connectivity index (χ2v) is 4.13. The molecule has 1 aromatic heterocycles. The van der Waals surface area contributed by atoms with Crippen LogP contribution in [0.15, 0.2) is 41.5 Å². The normalized spacial score (nSPS) is 12.1. The summed E-state index contributed by atoms with van der Waals surface area (Å²) >= 11 is 0. The molecule has 4 N–H and O–H groups in total. The first-order chi connectivity index (χ1) is 9.65. The van der Waals surface area contributed by atoms with Crippen LogP contribution < -0.4 is 16.7 Å². The Morgan fingerprint density at radius 2 is 2.15 bits per heavy atom. The molecule has 0 saturated carbocycles. The fourth-order valence-corrected chi connectivity index (χ4v) is 1.76. The van der Waals surface area contributed by atoms with Gasteiger partial charge in [-0.2, -0.15) is 0 Å². The number of imidazole rings is 1. The van der Waals surface area contributed by atoms with Gasteiger partial charge in [-0.05, 0) is 24.3 Å². The summed E-state index contributed by atoms with van der Waals surface area (Å²) < 4.78 is 6.41. The minimum absolute atomic E-state index is 0.110. The number of carbonyl (C=O) groups is 1. The number of benzene rings is 1. The number of aromatic amines is 1. The number of nitrogens with one attached hydrogen (secondary N) is 2. The summed E-state index contributed by atoms with van der Waals surface area (Å²) in [6, 6.07) is 6.87. The minimum Gasteiger partial charge on any atom is -0.370 e. The highest BCUT2D eigenvalue weighted by Crippen LogP contribution is 2.12. The molecule has 0 fully saturated rings. The molecule has 0 aliphatic heterocycles. The molecule has 0 spiro atoms. The standard InChI is InChI=1S/C13H16N4O3/c1-20-11(8-14)12(18)16-9-2-4-10(5-3-9)17-7-6-15-13(17)19/h2-7,11H,8,14H2,1H3,(H,15,19)(H,16,18). The Labute approximate surface area is 115 Å². The van der Waals surface area contributed by atoms with E-state index < -0.39 is 6.10 Å². The zero-order chi connectivity index (χ0) is 14.5. The lowest BCUT2D eigenvalue weighted by Gasteiger charge is -2.13. The Balaban J connectivity index is 2.11. The van der Waals surface area contributed by atoms with Crippen molar-refractivity contribution < 1.29 is 9.53 Å². The number of aromatic nitrogens is 2. The number of amides is 1. The molecule has 0 aliphatic carbocycles. The molecule has 0 radical (unpaired) electrons. The van der Waals surface area contributed by atoms with E-state index in [1.165, 1.54) is 11.7 Å². The van der Waals surface area contributed by atoms with Gasteiger partial charge in [0.2, 0.25) is 0 Å². The molecule has 7 heteroatoms. The van der Waals surface area contributed by atoms with E-state index in [9.17, 15) is 9.59 Å². The number of carbonyl (C=O) groups excluding carboxylic acids is 1. The zero-order valence-corrected chi connectivity index (χ0v) is 11.0. The average Bonchev–Trinajstić information content (AvgIpc) is 2.87. The van der Waals surface area contributed by atoms with Crippen LogP contribution in [0.3, 0.4) is 0 Å². The molecule has 0 saturated heterocycles. The number of ether oxygens (including phenoxy) is 1. The third kappa shape index (κ3) is 2.95. The van der Waals surface area contributed by atoms with Gasteiger partial charge < -0.3 is 20.8 Å². The topological polar surface area (TPSA) is 102 Å². The first kappa shape index (κ1) is 14.0. The number of nitrogens with zero attached hydrogens (tertiary/aromatic N) is 1. The summed E-state index contributed by atoms with van der Waals surface area (Å²) in [5, 5.41) is 2.69. The molecule has 7 nitrogen and oxygen atoms in total. The fraction of sp³-hybridized carbons (Fsp3) is 0.231. The summed E-state index contributed by atoms with van der Waals surface area (Å²) in [4.78, 5) is 25.8. The van der Waals surface area contributed by atoms with E-state index in [2.05, 4.69) is 10.3 Å². The summed E-state index contributed by atoms with van der Waals surface area (Å²) in [6.45, 7) is 0.110. The molecule has 1 amide bonds. The maximum absolute atomic E-state index is 11.8. The molecule has 1 unspecified atom stereocenters. The maximum atomic E-state index is 11.8. The Morgan fingerprint density at radius 1 is 1.45 bits per heavy atom. The van der Waals surface area contributed by atoms with Crippen LogP contribution >= 0.6 is 0 Å². The highest BCUT2D eigenvalue weighted by Gasteiger charge is 2.15. The lowest BCUT2D eigenvalue weighted by atomic mass is 10.2. The van der Waals surface area contributed by atoms with Gasteiger partial charge in [0, 0.05) is 31.7 Å². The molecule has 2 rings (SSSR count). The number of hydrogen-bond donors (Lipinski definition) is 3. The van der Waals surface area contributed by atoms with E-state index >= 15 is 0 Å². The number of methoxy groups -OCH3 is 1. The molecule has 1 heterocycles. The predicted octanol–water partition coefficient (Wildman–Crippen LogP) is 0.0778. The summed E-state index contributed by atoms with van der Waals surface area (Å²) in [5.74, 6) is -0.304. The number of anilines is 1. The van der Waals surface area contributed by atoms with Crippen LogP contribution in [0.2, 0.25) is 0 Å². The van der Waals surface area contributed by atoms with E-state index in [-0.39, 0.29) is 18.1 Å². The maximum Gasteiger partial charge on any atom is 0.330 e. The van der Waals surface area contributed by atoms with E-state index in [4.69, 9.17) is 10.5 Å². The van der Waals surface area contributed by atoms with Gasteiger partial charge in [-0.15, -0.1) is 0 Å². The van der Waals surface area contributed by atoms with Crippen molar-refractivity contribution in [1.82, 2.24) is 9.55 Å². The summed E-state index contributed by atoms with van der Waals surface area (Å²) in [5.41, 5.74) is 6.51. The van der Waals surface area contributed by atoms with Crippen LogP contribution in [0, 0.1) is 0 Å². The van der Waals surface area contributed by atoms with E-state index in [1.54, 1.807) is 36.7 Å². The van der Waals surface area contributed by atoms with E-state index in [0.717, 1.165) is 0 Å². The smallest absolute Gasteiger partial charge is 0.330 e. The van der Waals surface area contributed by atoms with Gasteiger partial charge in [0.15, 0.2) is 0 Å². The van der Waals surface area contributed by atoms with E-state index in [0.29, 0.717) is 11.4 Å². The van der Waals surface area contributed by atoms with Crippen molar-refractivity contribution in [2.24, 2.45) is 5.73 Å².